The van der Waals surface area contributed by atoms with Crippen LogP contribution in [0.15, 0.2) is 77.7 Å². The van der Waals surface area contributed by atoms with E-state index in [1.165, 1.54) is 11.3 Å². The number of thiazole rings is 1. The second-order valence-electron chi connectivity index (χ2n) is 9.57. The minimum atomic E-state index is -3.65. The second kappa shape index (κ2) is 13.9. The summed E-state index contributed by atoms with van der Waals surface area (Å²) in [6, 6.07) is 21.8. The molecule has 0 unspecified atom stereocenters. The number of fused-ring (bicyclic) bond motifs is 1. The van der Waals surface area contributed by atoms with Crippen LogP contribution in [0.4, 0.5) is 5.13 Å². The molecule has 1 amide bonds. The fourth-order valence-electron chi connectivity index (χ4n) is 4.35. The maximum Gasteiger partial charge on any atom is 0.260 e. The maximum absolute atomic E-state index is 13.9. The van der Waals surface area contributed by atoms with E-state index in [0.29, 0.717) is 36.9 Å². The molecule has 3 aromatic carbocycles. The van der Waals surface area contributed by atoms with E-state index in [1.54, 1.807) is 33.5 Å². The Balaban J connectivity index is 1.65. The summed E-state index contributed by atoms with van der Waals surface area (Å²) in [4.78, 5) is 20.5. The van der Waals surface area contributed by atoms with Gasteiger partial charge in [-0.3, -0.25) is 9.69 Å². The summed E-state index contributed by atoms with van der Waals surface area (Å²) in [5, 5.41) is 0.569. The number of hydrogen-bond acceptors (Lipinski definition) is 6. The van der Waals surface area contributed by atoms with E-state index in [1.807, 2.05) is 55.5 Å². The van der Waals surface area contributed by atoms with Crippen LogP contribution in [0.2, 0.25) is 0 Å². The van der Waals surface area contributed by atoms with Gasteiger partial charge >= 0.3 is 0 Å². The highest BCUT2D eigenvalue weighted by Crippen LogP contribution is 2.33. The zero-order valence-electron chi connectivity index (χ0n) is 23.4. The first-order valence-electron chi connectivity index (χ1n) is 13.9. The van der Waals surface area contributed by atoms with Crippen LogP contribution in [0, 0.1) is 0 Å². The third-order valence-electron chi connectivity index (χ3n) is 6.58. The standard InChI is InChI=1S/C31H37N3O4S2/c1-4-7-20-33(21-8-5-2)40(36,37)27-17-14-25(15-18-27)30(35)34(23-24-12-10-9-11-13-24)31-32-28-19-16-26(38-6-3)22-29(28)39-31/h9-19,22H,4-8,20-21,23H2,1-3H3. The predicted molar refractivity (Wildman–Crippen MR) is 163 cm³/mol. The molecule has 0 aliphatic carbocycles. The van der Waals surface area contributed by atoms with Gasteiger partial charge in [-0.25, -0.2) is 13.4 Å². The molecule has 1 heterocycles. The summed E-state index contributed by atoms with van der Waals surface area (Å²) in [5.74, 6) is 0.514. The summed E-state index contributed by atoms with van der Waals surface area (Å²) in [6.07, 6.45) is 3.45. The van der Waals surface area contributed by atoms with Gasteiger partial charge in [0.05, 0.1) is 28.3 Å². The molecule has 0 saturated heterocycles. The van der Waals surface area contributed by atoms with Crippen LogP contribution >= 0.6 is 11.3 Å². The van der Waals surface area contributed by atoms with E-state index in [2.05, 4.69) is 13.8 Å². The Morgan fingerprint density at radius 2 is 1.57 bits per heavy atom. The number of sulfonamides is 1. The van der Waals surface area contributed by atoms with E-state index in [-0.39, 0.29) is 10.8 Å². The smallest absolute Gasteiger partial charge is 0.260 e. The molecule has 4 aromatic rings. The van der Waals surface area contributed by atoms with Gasteiger partial charge in [-0.2, -0.15) is 4.31 Å². The number of unbranched alkanes of at least 4 members (excludes halogenated alkanes) is 2. The first kappa shape index (κ1) is 29.7. The molecule has 0 aliphatic heterocycles. The number of hydrogen-bond donors (Lipinski definition) is 0. The van der Waals surface area contributed by atoms with Gasteiger partial charge in [0, 0.05) is 18.7 Å². The van der Waals surface area contributed by atoms with Crippen molar-refractivity contribution in [3.63, 3.8) is 0 Å². The number of carbonyl (C=O) groups is 1. The normalized spacial score (nSPS) is 11.7. The van der Waals surface area contributed by atoms with Crippen molar-refractivity contribution >= 4 is 42.6 Å². The Morgan fingerprint density at radius 3 is 2.20 bits per heavy atom. The van der Waals surface area contributed by atoms with Crippen molar-refractivity contribution in [1.29, 1.82) is 0 Å². The van der Waals surface area contributed by atoms with Crippen molar-refractivity contribution in [3.8, 4) is 5.75 Å². The van der Waals surface area contributed by atoms with Crippen LogP contribution in [-0.2, 0) is 16.6 Å². The van der Waals surface area contributed by atoms with Gasteiger partial charge < -0.3 is 4.74 Å². The first-order valence-corrected chi connectivity index (χ1v) is 16.1. The fourth-order valence-corrected chi connectivity index (χ4v) is 6.86. The lowest BCUT2D eigenvalue weighted by atomic mass is 10.1. The summed E-state index contributed by atoms with van der Waals surface area (Å²) in [5.41, 5.74) is 2.15. The molecule has 0 radical (unpaired) electrons. The molecular formula is C31H37N3O4S2. The van der Waals surface area contributed by atoms with Gasteiger partial charge in [-0.05, 0) is 67.8 Å². The maximum atomic E-state index is 13.9. The molecule has 0 atom stereocenters. The van der Waals surface area contributed by atoms with E-state index >= 15 is 0 Å². The van der Waals surface area contributed by atoms with Crippen LogP contribution in [-0.4, -0.2) is 43.3 Å². The second-order valence-corrected chi connectivity index (χ2v) is 12.5. The zero-order valence-corrected chi connectivity index (χ0v) is 25.0. The van der Waals surface area contributed by atoms with Gasteiger partial charge in [-0.1, -0.05) is 68.4 Å². The molecule has 0 spiro atoms. The molecular weight excluding hydrogens is 542 g/mol. The quantitative estimate of drug-likeness (QED) is 0.159. The van der Waals surface area contributed by atoms with Gasteiger partial charge in [-0.15, -0.1) is 0 Å². The average Bonchev–Trinajstić information content (AvgIpc) is 3.39. The number of rotatable bonds is 14. The molecule has 0 aliphatic rings. The summed E-state index contributed by atoms with van der Waals surface area (Å²) in [7, 11) is -3.65. The number of amides is 1. The lowest BCUT2D eigenvalue weighted by Gasteiger charge is -2.23. The van der Waals surface area contributed by atoms with Crippen LogP contribution in [0.5, 0.6) is 5.75 Å². The van der Waals surface area contributed by atoms with Crippen molar-refractivity contribution in [2.45, 2.75) is 57.9 Å². The monoisotopic (exact) mass is 579 g/mol. The Kier molecular flexibility index (Phi) is 10.3. The summed E-state index contributed by atoms with van der Waals surface area (Å²) in [6.45, 7) is 7.92. The molecule has 0 N–H and O–H groups in total. The number of benzene rings is 3. The van der Waals surface area contributed by atoms with E-state index < -0.39 is 10.0 Å². The highest BCUT2D eigenvalue weighted by Gasteiger charge is 2.26. The average molecular weight is 580 g/mol. The van der Waals surface area contributed by atoms with Crippen molar-refractivity contribution in [1.82, 2.24) is 9.29 Å². The van der Waals surface area contributed by atoms with Crippen LogP contribution < -0.4 is 9.64 Å². The van der Waals surface area contributed by atoms with Gasteiger partial charge in [0.15, 0.2) is 5.13 Å². The zero-order chi connectivity index (χ0) is 28.5. The van der Waals surface area contributed by atoms with E-state index in [4.69, 9.17) is 9.72 Å². The Bertz CT molecular complexity index is 1490. The number of carbonyl (C=O) groups excluding carboxylic acids is 1. The molecule has 0 bridgehead atoms. The molecule has 0 saturated carbocycles. The van der Waals surface area contributed by atoms with Crippen molar-refractivity contribution in [2.24, 2.45) is 0 Å². The predicted octanol–water partition coefficient (Wildman–Crippen LogP) is 7.13. The summed E-state index contributed by atoms with van der Waals surface area (Å²) >= 11 is 1.43. The number of nitrogens with zero attached hydrogens (tertiary/aromatic N) is 3. The van der Waals surface area contributed by atoms with Crippen LogP contribution in [0.25, 0.3) is 10.2 Å². The minimum absolute atomic E-state index is 0.203. The largest absolute Gasteiger partial charge is 0.494 e. The number of aromatic nitrogens is 1. The van der Waals surface area contributed by atoms with E-state index in [9.17, 15) is 13.2 Å². The van der Waals surface area contributed by atoms with Gasteiger partial charge in [0.2, 0.25) is 10.0 Å². The Morgan fingerprint density at radius 1 is 0.900 bits per heavy atom. The number of anilines is 1. The highest BCUT2D eigenvalue weighted by molar-refractivity contribution is 7.89. The lowest BCUT2D eigenvalue weighted by Crippen LogP contribution is -2.33. The Labute approximate surface area is 241 Å². The van der Waals surface area contributed by atoms with Crippen molar-refractivity contribution < 1.29 is 17.9 Å². The molecule has 0 fully saturated rings. The third-order valence-corrected chi connectivity index (χ3v) is 9.53. The first-order chi connectivity index (χ1) is 19.4. The van der Waals surface area contributed by atoms with Gasteiger partial charge in [0.25, 0.3) is 5.91 Å². The van der Waals surface area contributed by atoms with E-state index in [0.717, 1.165) is 47.2 Å². The van der Waals surface area contributed by atoms with Crippen LogP contribution in [0.1, 0.15) is 62.4 Å². The van der Waals surface area contributed by atoms with Crippen molar-refractivity contribution in [2.75, 3.05) is 24.6 Å². The van der Waals surface area contributed by atoms with Gasteiger partial charge in [0.1, 0.15) is 5.75 Å². The molecule has 1 aromatic heterocycles. The fraction of sp³-hybridized carbons (Fsp3) is 0.355. The molecule has 4 rings (SSSR count). The summed E-state index contributed by atoms with van der Waals surface area (Å²) < 4.78 is 34.9. The topological polar surface area (TPSA) is 79.8 Å². The SMILES string of the molecule is CCCCN(CCCC)S(=O)(=O)c1ccc(C(=O)N(Cc2ccccc2)c2nc3ccc(OCC)cc3s2)cc1. The minimum Gasteiger partial charge on any atom is -0.494 e. The van der Waals surface area contributed by atoms with Crippen molar-refractivity contribution in [3.05, 3.63) is 83.9 Å². The lowest BCUT2D eigenvalue weighted by molar-refractivity contribution is 0.0985. The highest BCUT2D eigenvalue weighted by atomic mass is 32.2. The number of ether oxygens (including phenoxy) is 1. The molecule has 9 heteroatoms. The molecule has 212 valence electrons. The third kappa shape index (κ3) is 7.08. The van der Waals surface area contributed by atoms with Crippen LogP contribution in [0.3, 0.4) is 0 Å². The molecule has 7 nitrogen and oxygen atoms in total. The molecule has 40 heavy (non-hydrogen) atoms. The Hall–Kier alpha value is -3.27.